The molecule has 1 aromatic carbocycles. The lowest BCUT2D eigenvalue weighted by Crippen LogP contribution is -2.35. The van der Waals surface area contributed by atoms with Crippen molar-refractivity contribution in [1.29, 1.82) is 0 Å². The number of benzene rings is 1. The average molecular weight is 306 g/mol. The number of thioether (sulfide) groups is 1. The number of alkyl halides is 2. The molecule has 0 radical (unpaired) electrons. The van der Waals surface area contributed by atoms with Crippen molar-refractivity contribution in [2.24, 2.45) is 5.73 Å². The first-order valence-corrected chi connectivity index (χ1v) is 7.19. The highest BCUT2D eigenvalue weighted by atomic mass is 32.2. The molecule has 7 heteroatoms. The van der Waals surface area contributed by atoms with Crippen LogP contribution < -0.4 is 11.1 Å². The van der Waals surface area contributed by atoms with E-state index in [0.29, 0.717) is 11.3 Å². The molecular formula is C13H17F3N2OS. The van der Waals surface area contributed by atoms with Gasteiger partial charge in [0.2, 0.25) is 12.3 Å². The second-order valence-electron chi connectivity index (χ2n) is 4.23. The maximum atomic E-state index is 13.2. The first kappa shape index (κ1) is 16.8. The molecule has 112 valence electrons. The van der Waals surface area contributed by atoms with Gasteiger partial charge in [0, 0.05) is 4.90 Å². The molecule has 0 aliphatic rings. The van der Waals surface area contributed by atoms with Crippen molar-refractivity contribution >= 4 is 23.4 Å². The van der Waals surface area contributed by atoms with E-state index in [2.05, 4.69) is 5.32 Å². The summed E-state index contributed by atoms with van der Waals surface area (Å²) in [4.78, 5) is 12.2. The summed E-state index contributed by atoms with van der Waals surface area (Å²) in [6.07, 6.45) is -1.23. The maximum Gasteiger partial charge on any atom is 0.247 e. The Balaban J connectivity index is 2.81. The Morgan fingerprint density at radius 3 is 2.75 bits per heavy atom. The molecule has 0 aliphatic carbocycles. The Hall–Kier alpha value is -1.21. The third-order valence-electron chi connectivity index (χ3n) is 2.50. The van der Waals surface area contributed by atoms with E-state index in [1.165, 1.54) is 6.07 Å². The van der Waals surface area contributed by atoms with Crippen LogP contribution in [0.3, 0.4) is 0 Å². The Bertz CT molecular complexity index is 457. The topological polar surface area (TPSA) is 55.1 Å². The molecule has 3 nitrogen and oxygen atoms in total. The van der Waals surface area contributed by atoms with Gasteiger partial charge in [-0.2, -0.15) is 0 Å². The molecule has 0 saturated carbocycles. The van der Waals surface area contributed by atoms with Gasteiger partial charge < -0.3 is 11.1 Å². The van der Waals surface area contributed by atoms with Gasteiger partial charge in [-0.25, -0.2) is 13.2 Å². The molecule has 0 aromatic heterocycles. The first-order chi connectivity index (χ1) is 9.43. The molecule has 1 atom stereocenters. The molecule has 0 bridgehead atoms. The monoisotopic (exact) mass is 306 g/mol. The summed E-state index contributed by atoms with van der Waals surface area (Å²) in [7, 11) is 0. The highest BCUT2D eigenvalue weighted by Crippen LogP contribution is 2.29. The predicted molar refractivity (Wildman–Crippen MR) is 74.6 cm³/mol. The van der Waals surface area contributed by atoms with Gasteiger partial charge >= 0.3 is 0 Å². The Kier molecular flexibility index (Phi) is 6.87. The average Bonchev–Trinajstić information content (AvgIpc) is 2.37. The van der Waals surface area contributed by atoms with Crippen LogP contribution in [0.5, 0.6) is 0 Å². The summed E-state index contributed by atoms with van der Waals surface area (Å²) in [5, 5.41) is 2.49. The van der Waals surface area contributed by atoms with Gasteiger partial charge in [-0.1, -0.05) is 13.3 Å². The summed E-state index contributed by atoms with van der Waals surface area (Å²) >= 11 is 0.859. The lowest BCUT2D eigenvalue weighted by Gasteiger charge is -2.14. The summed E-state index contributed by atoms with van der Waals surface area (Å²) in [5.41, 5.74) is 5.83. The number of halogens is 3. The normalized spacial score (nSPS) is 12.5. The van der Waals surface area contributed by atoms with Crippen molar-refractivity contribution < 1.29 is 18.0 Å². The third-order valence-corrected chi connectivity index (χ3v) is 3.59. The van der Waals surface area contributed by atoms with Gasteiger partial charge in [0.1, 0.15) is 5.82 Å². The summed E-state index contributed by atoms with van der Waals surface area (Å²) in [6, 6.07) is 2.93. The van der Waals surface area contributed by atoms with Gasteiger partial charge in [-0.3, -0.25) is 4.79 Å². The molecule has 0 heterocycles. The standard InChI is InChI=1S/C13H17F3N2OS/c1-2-3-9(17)13(19)18-10-6-8(14)4-5-11(10)20-7-12(15)16/h4-6,9,12H,2-3,7,17H2,1H3,(H,18,19). The smallest absolute Gasteiger partial charge is 0.247 e. The van der Waals surface area contributed by atoms with Crippen LogP contribution in [0.25, 0.3) is 0 Å². The van der Waals surface area contributed by atoms with Gasteiger partial charge in [0.05, 0.1) is 17.5 Å². The second-order valence-corrected chi connectivity index (χ2v) is 5.29. The van der Waals surface area contributed by atoms with E-state index >= 15 is 0 Å². The quantitative estimate of drug-likeness (QED) is 0.760. The van der Waals surface area contributed by atoms with Crippen LogP contribution in [0.4, 0.5) is 18.9 Å². The fourth-order valence-corrected chi connectivity index (χ4v) is 2.28. The molecule has 0 aliphatic heterocycles. The number of rotatable bonds is 7. The van der Waals surface area contributed by atoms with Gasteiger partial charge in [0.25, 0.3) is 0 Å². The molecule has 0 spiro atoms. The van der Waals surface area contributed by atoms with Crippen LogP contribution in [0, 0.1) is 5.82 Å². The van der Waals surface area contributed by atoms with E-state index in [0.717, 1.165) is 30.3 Å². The first-order valence-electron chi connectivity index (χ1n) is 6.21. The molecular weight excluding hydrogens is 289 g/mol. The molecule has 1 amide bonds. The zero-order valence-corrected chi connectivity index (χ0v) is 11.9. The molecule has 1 rings (SSSR count). The zero-order valence-electron chi connectivity index (χ0n) is 11.0. The molecule has 20 heavy (non-hydrogen) atoms. The zero-order chi connectivity index (χ0) is 15.1. The number of amides is 1. The number of nitrogens with two attached hydrogens (primary N) is 1. The van der Waals surface area contributed by atoms with Crippen LogP contribution in [-0.4, -0.2) is 24.1 Å². The van der Waals surface area contributed by atoms with Crippen LogP contribution in [-0.2, 0) is 4.79 Å². The highest BCUT2D eigenvalue weighted by Gasteiger charge is 2.15. The minimum Gasteiger partial charge on any atom is -0.324 e. The van der Waals surface area contributed by atoms with E-state index in [4.69, 9.17) is 5.73 Å². The number of hydrogen-bond acceptors (Lipinski definition) is 3. The van der Waals surface area contributed by atoms with Gasteiger partial charge in [0.15, 0.2) is 0 Å². The highest BCUT2D eigenvalue weighted by molar-refractivity contribution is 7.99. The number of carbonyl (C=O) groups excluding carboxylic acids is 1. The van der Waals surface area contributed by atoms with Crippen molar-refractivity contribution in [3.05, 3.63) is 24.0 Å². The van der Waals surface area contributed by atoms with E-state index in [-0.39, 0.29) is 5.69 Å². The van der Waals surface area contributed by atoms with Crippen LogP contribution in [0.1, 0.15) is 19.8 Å². The van der Waals surface area contributed by atoms with Crippen molar-refractivity contribution in [2.45, 2.75) is 37.1 Å². The van der Waals surface area contributed by atoms with Crippen LogP contribution >= 0.6 is 11.8 Å². The van der Waals surface area contributed by atoms with Crippen molar-refractivity contribution in [3.63, 3.8) is 0 Å². The number of carbonyl (C=O) groups is 1. The van der Waals surface area contributed by atoms with Crippen molar-refractivity contribution in [2.75, 3.05) is 11.1 Å². The van der Waals surface area contributed by atoms with Crippen molar-refractivity contribution in [3.8, 4) is 0 Å². The predicted octanol–water partition coefficient (Wildman–Crippen LogP) is 3.25. The Morgan fingerprint density at radius 2 is 2.15 bits per heavy atom. The maximum absolute atomic E-state index is 13.2. The van der Waals surface area contributed by atoms with Gasteiger partial charge in [-0.05, 0) is 24.6 Å². The van der Waals surface area contributed by atoms with E-state index < -0.39 is 29.9 Å². The lowest BCUT2D eigenvalue weighted by molar-refractivity contribution is -0.117. The fourth-order valence-electron chi connectivity index (χ4n) is 1.55. The van der Waals surface area contributed by atoms with E-state index in [9.17, 15) is 18.0 Å². The number of hydrogen-bond donors (Lipinski definition) is 2. The molecule has 3 N–H and O–H groups in total. The van der Waals surface area contributed by atoms with Gasteiger partial charge in [-0.15, -0.1) is 11.8 Å². The van der Waals surface area contributed by atoms with Crippen LogP contribution in [0.15, 0.2) is 23.1 Å². The Labute approximate surface area is 120 Å². The van der Waals surface area contributed by atoms with Crippen molar-refractivity contribution in [1.82, 2.24) is 0 Å². The third kappa shape index (κ3) is 5.42. The second kappa shape index (κ2) is 8.16. The number of nitrogens with one attached hydrogen (secondary N) is 1. The molecule has 1 aromatic rings. The minimum atomic E-state index is -2.48. The molecule has 0 saturated heterocycles. The summed E-state index contributed by atoms with van der Waals surface area (Å²) in [6.45, 7) is 1.89. The van der Waals surface area contributed by atoms with E-state index in [1.807, 2.05) is 6.92 Å². The largest absolute Gasteiger partial charge is 0.324 e. The molecule has 0 fully saturated rings. The Morgan fingerprint density at radius 1 is 1.45 bits per heavy atom. The number of anilines is 1. The lowest BCUT2D eigenvalue weighted by atomic mass is 10.1. The summed E-state index contributed by atoms with van der Waals surface area (Å²) < 4.78 is 37.6. The minimum absolute atomic E-state index is 0.173. The summed E-state index contributed by atoms with van der Waals surface area (Å²) in [5.74, 6) is -1.42. The SMILES string of the molecule is CCCC(N)C(=O)Nc1cc(F)ccc1SCC(F)F. The fraction of sp³-hybridized carbons (Fsp3) is 0.462. The van der Waals surface area contributed by atoms with E-state index in [1.54, 1.807) is 0 Å². The van der Waals surface area contributed by atoms with Crippen LogP contribution in [0.2, 0.25) is 0 Å². The molecule has 1 unspecified atom stereocenters.